The number of amides is 1. The molecule has 164 valence electrons. The third-order valence-electron chi connectivity index (χ3n) is 5.09. The number of rotatable bonds is 7. The third kappa shape index (κ3) is 5.55. The highest BCUT2D eigenvalue weighted by molar-refractivity contribution is 7.89. The Balaban J connectivity index is 1.56. The van der Waals surface area contributed by atoms with Crippen molar-refractivity contribution in [3.63, 3.8) is 0 Å². The number of piperidine rings is 1. The summed E-state index contributed by atoms with van der Waals surface area (Å²) in [6.07, 6.45) is 0.637. The zero-order chi connectivity index (χ0) is 21.7. The van der Waals surface area contributed by atoms with Crippen molar-refractivity contribution >= 4 is 21.8 Å². The Morgan fingerprint density at radius 3 is 2.67 bits per heavy atom. The number of sulfonamides is 1. The number of aryl methyl sites for hydroxylation is 1. The smallest absolute Gasteiger partial charge is 0.414 e. The van der Waals surface area contributed by atoms with E-state index in [1.54, 1.807) is 20.0 Å². The molecule has 10 nitrogen and oxygen atoms in total. The number of likely N-dealkylation sites (tertiary alicyclic amines) is 1. The van der Waals surface area contributed by atoms with Crippen molar-refractivity contribution < 1.29 is 22.5 Å². The van der Waals surface area contributed by atoms with Crippen LogP contribution >= 0.6 is 0 Å². The second-order valence-corrected chi connectivity index (χ2v) is 9.22. The topological polar surface area (TPSA) is 118 Å². The Labute approximate surface area is 176 Å². The fraction of sp³-hybridized carbons (Fsp3) is 0.526. The quantitative estimate of drug-likeness (QED) is 0.694. The van der Waals surface area contributed by atoms with Gasteiger partial charge in [0, 0.05) is 26.7 Å². The summed E-state index contributed by atoms with van der Waals surface area (Å²) in [7, 11) is -0.167. The lowest BCUT2D eigenvalue weighted by Gasteiger charge is -2.32. The zero-order valence-corrected chi connectivity index (χ0v) is 18.2. The molecule has 0 atom stereocenters. The van der Waals surface area contributed by atoms with Crippen molar-refractivity contribution in [3.05, 3.63) is 30.1 Å². The third-order valence-corrected chi connectivity index (χ3v) is 6.43. The Kier molecular flexibility index (Phi) is 7.06. The minimum atomic E-state index is -3.22. The fourth-order valence-electron chi connectivity index (χ4n) is 3.28. The first-order valence-electron chi connectivity index (χ1n) is 9.76. The van der Waals surface area contributed by atoms with Gasteiger partial charge < -0.3 is 14.2 Å². The van der Waals surface area contributed by atoms with E-state index in [4.69, 9.17) is 9.26 Å². The van der Waals surface area contributed by atoms with Crippen LogP contribution in [0, 0.1) is 6.92 Å². The zero-order valence-electron chi connectivity index (χ0n) is 17.4. The average Bonchev–Trinajstić information content (AvgIpc) is 3.19. The highest BCUT2D eigenvalue weighted by atomic mass is 32.2. The molecule has 2 aromatic rings. The molecule has 2 heterocycles. The van der Waals surface area contributed by atoms with Crippen LogP contribution in [0.5, 0.6) is 0 Å². The van der Waals surface area contributed by atoms with Gasteiger partial charge in [-0.15, -0.1) is 0 Å². The molecule has 1 N–H and O–H groups in total. The summed E-state index contributed by atoms with van der Waals surface area (Å²) in [5, 5.41) is 3.81. The largest absolute Gasteiger partial charge is 0.446 e. The summed E-state index contributed by atoms with van der Waals surface area (Å²) < 4.78 is 36.4. The van der Waals surface area contributed by atoms with E-state index in [0.717, 1.165) is 0 Å². The summed E-state index contributed by atoms with van der Waals surface area (Å²) in [5.74, 6) is 0.912. The van der Waals surface area contributed by atoms with E-state index >= 15 is 0 Å². The number of benzene rings is 1. The van der Waals surface area contributed by atoms with Gasteiger partial charge in [-0.25, -0.2) is 17.9 Å². The number of carbonyl (C=O) groups is 1. The minimum absolute atomic E-state index is 0.0582. The van der Waals surface area contributed by atoms with E-state index in [1.807, 2.05) is 18.2 Å². The van der Waals surface area contributed by atoms with Gasteiger partial charge in [-0.05, 0) is 38.9 Å². The Morgan fingerprint density at radius 1 is 1.33 bits per heavy atom. The van der Waals surface area contributed by atoms with E-state index in [0.29, 0.717) is 55.4 Å². The van der Waals surface area contributed by atoms with Crippen molar-refractivity contribution in [1.82, 2.24) is 19.8 Å². The molecular formula is C19H27N5O5S. The Bertz CT molecular complexity index is 969. The second kappa shape index (κ2) is 9.54. The number of carbonyl (C=O) groups excluding carboxylic acids is 1. The van der Waals surface area contributed by atoms with Crippen molar-refractivity contribution in [3.8, 4) is 11.5 Å². The monoisotopic (exact) mass is 437 g/mol. The number of ether oxygens (including phenoxy) is 1. The number of hydrogen-bond acceptors (Lipinski definition) is 8. The molecule has 0 bridgehead atoms. The van der Waals surface area contributed by atoms with Crippen LogP contribution in [0.2, 0.25) is 0 Å². The number of nitrogens with one attached hydrogen (secondary N) is 1. The van der Waals surface area contributed by atoms with Crippen LogP contribution in [0.25, 0.3) is 11.5 Å². The highest BCUT2D eigenvalue weighted by Crippen LogP contribution is 2.29. The van der Waals surface area contributed by atoms with Crippen LogP contribution in [0.1, 0.15) is 18.7 Å². The Morgan fingerprint density at radius 2 is 2.03 bits per heavy atom. The van der Waals surface area contributed by atoms with Gasteiger partial charge in [-0.2, -0.15) is 4.98 Å². The number of para-hydroxylation sites is 1. The fourth-order valence-corrected chi connectivity index (χ4v) is 3.98. The maximum absolute atomic E-state index is 12.7. The van der Waals surface area contributed by atoms with Crippen molar-refractivity contribution in [1.29, 1.82) is 0 Å². The lowest BCUT2D eigenvalue weighted by atomic mass is 10.1. The molecule has 0 unspecified atom stereocenters. The summed E-state index contributed by atoms with van der Waals surface area (Å²) in [6, 6.07) is 7.26. The first-order chi connectivity index (χ1) is 14.3. The molecule has 0 saturated carbocycles. The van der Waals surface area contributed by atoms with Gasteiger partial charge in [0.1, 0.15) is 6.10 Å². The molecule has 1 fully saturated rings. The maximum Gasteiger partial charge on any atom is 0.414 e. The molecule has 1 aliphatic rings. The van der Waals surface area contributed by atoms with Crippen molar-refractivity contribution in [2.45, 2.75) is 25.9 Å². The van der Waals surface area contributed by atoms with Crippen LogP contribution in [0.15, 0.2) is 28.8 Å². The molecule has 11 heteroatoms. The first kappa shape index (κ1) is 22.2. The molecule has 1 aliphatic heterocycles. The standard InChI is InChI=1S/C19H27N5O5S/c1-14-21-18(29-22-14)16-6-4-5-7-17(16)23(3)19(25)28-15-8-10-24(11-9-15)12-13-30(26,27)20-2/h4-7,15,20H,8-13H2,1-3H3. The predicted molar refractivity (Wildman–Crippen MR) is 112 cm³/mol. The summed E-state index contributed by atoms with van der Waals surface area (Å²) in [6.45, 7) is 3.55. The Hall–Kier alpha value is -2.50. The summed E-state index contributed by atoms with van der Waals surface area (Å²) in [5.41, 5.74) is 1.26. The van der Waals surface area contributed by atoms with Gasteiger partial charge in [0.25, 0.3) is 5.89 Å². The second-order valence-electron chi connectivity index (χ2n) is 7.17. The van der Waals surface area contributed by atoms with Gasteiger partial charge in [-0.1, -0.05) is 17.3 Å². The van der Waals surface area contributed by atoms with Gasteiger partial charge in [0.2, 0.25) is 10.0 Å². The maximum atomic E-state index is 12.7. The molecule has 1 aromatic heterocycles. The summed E-state index contributed by atoms with van der Waals surface area (Å²) >= 11 is 0. The van der Waals surface area contributed by atoms with Gasteiger partial charge >= 0.3 is 6.09 Å². The molecule has 1 amide bonds. The minimum Gasteiger partial charge on any atom is -0.446 e. The SMILES string of the molecule is CNS(=O)(=O)CCN1CCC(OC(=O)N(C)c2ccccc2-c2nc(C)no2)CC1. The summed E-state index contributed by atoms with van der Waals surface area (Å²) in [4.78, 5) is 20.4. The lowest BCUT2D eigenvalue weighted by molar-refractivity contribution is 0.0573. The molecule has 3 rings (SSSR count). The van der Waals surface area contributed by atoms with Crippen LogP contribution in [-0.4, -0.2) is 75.1 Å². The van der Waals surface area contributed by atoms with Gasteiger partial charge in [0.05, 0.1) is 17.0 Å². The number of nitrogens with zero attached hydrogens (tertiary/aromatic N) is 4. The van der Waals surface area contributed by atoms with Gasteiger partial charge in [0.15, 0.2) is 5.82 Å². The van der Waals surface area contributed by atoms with Crippen LogP contribution in [-0.2, 0) is 14.8 Å². The van der Waals surface area contributed by atoms with Gasteiger partial charge in [-0.3, -0.25) is 4.90 Å². The van der Waals surface area contributed by atoms with E-state index in [1.165, 1.54) is 11.9 Å². The molecule has 0 radical (unpaired) electrons. The molecule has 30 heavy (non-hydrogen) atoms. The van der Waals surface area contributed by atoms with E-state index in [2.05, 4.69) is 19.8 Å². The molecule has 0 spiro atoms. The number of anilines is 1. The van der Waals surface area contributed by atoms with Crippen LogP contribution in [0.3, 0.4) is 0 Å². The number of aromatic nitrogens is 2. The first-order valence-corrected chi connectivity index (χ1v) is 11.4. The average molecular weight is 438 g/mol. The molecule has 1 aromatic carbocycles. The van der Waals surface area contributed by atoms with Crippen molar-refractivity contribution in [2.24, 2.45) is 0 Å². The van der Waals surface area contributed by atoms with E-state index < -0.39 is 16.1 Å². The number of hydrogen-bond donors (Lipinski definition) is 1. The molecular weight excluding hydrogens is 410 g/mol. The van der Waals surface area contributed by atoms with Crippen LogP contribution in [0.4, 0.5) is 10.5 Å². The van der Waals surface area contributed by atoms with E-state index in [-0.39, 0.29) is 11.9 Å². The predicted octanol–water partition coefficient (Wildman–Crippen LogP) is 1.63. The highest BCUT2D eigenvalue weighted by Gasteiger charge is 2.26. The van der Waals surface area contributed by atoms with Crippen LogP contribution < -0.4 is 9.62 Å². The van der Waals surface area contributed by atoms with E-state index in [9.17, 15) is 13.2 Å². The van der Waals surface area contributed by atoms with Crippen molar-refractivity contribution in [2.75, 3.05) is 44.4 Å². The normalized spacial score (nSPS) is 15.8. The molecule has 0 aliphatic carbocycles. The lowest BCUT2D eigenvalue weighted by Crippen LogP contribution is -2.42. The molecule has 1 saturated heterocycles.